The van der Waals surface area contributed by atoms with Gasteiger partial charge in [-0.2, -0.15) is 0 Å². The van der Waals surface area contributed by atoms with Gasteiger partial charge in [0.25, 0.3) is 0 Å². The molecule has 1 heterocycles. The molecule has 1 unspecified atom stereocenters. The molecular formula is C13H16ClNO3. The number of aliphatic carboxylic acids is 1. The first-order chi connectivity index (χ1) is 8.56. The third-order valence-electron chi connectivity index (χ3n) is 3.27. The number of likely N-dealkylation sites (tertiary alicyclic amines) is 1. The summed E-state index contributed by atoms with van der Waals surface area (Å²) in [4.78, 5) is 13.1. The lowest BCUT2D eigenvalue weighted by Crippen LogP contribution is -2.38. The molecule has 1 aromatic rings. The largest absolute Gasteiger partial charge is 0.506 e. The Bertz CT molecular complexity index is 450. The van der Waals surface area contributed by atoms with E-state index in [-0.39, 0.29) is 11.7 Å². The highest BCUT2D eigenvalue weighted by Crippen LogP contribution is 2.25. The first-order valence-corrected chi connectivity index (χ1v) is 6.36. The number of carboxylic acid groups (broad SMARTS) is 1. The minimum absolute atomic E-state index is 0.0717. The number of rotatable bonds is 3. The summed E-state index contributed by atoms with van der Waals surface area (Å²) in [5.41, 5.74) is 0.990. The maximum absolute atomic E-state index is 11.0. The molecule has 0 radical (unpaired) electrons. The van der Waals surface area contributed by atoms with Gasteiger partial charge in [0.2, 0.25) is 0 Å². The van der Waals surface area contributed by atoms with Gasteiger partial charge >= 0.3 is 5.97 Å². The summed E-state index contributed by atoms with van der Waals surface area (Å²) < 4.78 is 0. The van der Waals surface area contributed by atoms with E-state index in [2.05, 4.69) is 4.90 Å². The van der Waals surface area contributed by atoms with E-state index in [9.17, 15) is 9.90 Å². The van der Waals surface area contributed by atoms with E-state index in [1.807, 2.05) is 6.07 Å². The van der Waals surface area contributed by atoms with Crippen LogP contribution in [0.5, 0.6) is 5.75 Å². The molecule has 5 heteroatoms. The van der Waals surface area contributed by atoms with Crippen molar-refractivity contribution in [1.82, 2.24) is 4.90 Å². The van der Waals surface area contributed by atoms with Crippen molar-refractivity contribution in [3.05, 3.63) is 28.8 Å². The van der Waals surface area contributed by atoms with Gasteiger partial charge in [-0.25, -0.2) is 0 Å². The zero-order valence-corrected chi connectivity index (χ0v) is 10.7. The second-order valence-corrected chi connectivity index (χ2v) is 5.11. The second kappa shape index (κ2) is 5.59. The van der Waals surface area contributed by atoms with Gasteiger partial charge in [-0.1, -0.05) is 17.7 Å². The molecule has 1 atom stereocenters. The predicted octanol–water partition coefficient (Wildman–Crippen LogP) is 2.34. The van der Waals surface area contributed by atoms with Crippen molar-refractivity contribution < 1.29 is 15.0 Å². The van der Waals surface area contributed by atoms with Crippen molar-refractivity contribution in [2.24, 2.45) is 5.92 Å². The zero-order chi connectivity index (χ0) is 13.1. The van der Waals surface area contributed by atoms with E-state index in [0.29, 0.717) is 18.1 Å². The summed E-state index contributed by atoms with van der Waals surface area (Å²) in [5.74, 6) is -0.919. The number of nitrogens with zero attached hydrogens (tertiary/aromatic N) is 1. The molecule has 2 N–H and O–H groups in total. The van der Waals surface area contributed by atoms with Crippen molar-refractivity contribution in [3.63, 3.8) is 0 Å². The number of benzene rings is 1. The molecule has 1 aromatic carbocycles. The SMILES string of the molecule is O=C(O)C1CCCN(Cc2ccc(O)c(Cl)c2)C1. The molecule has 0 saturated carbocycles. The number of hydrogen-bond donors (Lipinski definition) is 2. The smallest absolute Gasteiger partial charge is 0.307 e. The average molecular weight is 270 g/mol. The van der Waals surface area contributed by atoms with E-state index >= 15 is 0 Å². The topological polar surface area (TPSA) is 60.8 Å². The fourth-order valence-corrected chi connectivity index (χ4v) is 2.51. The molecule has 1 fully saturated rings. The number of hydrogen-bond acceptors (Lipinski definition) is 3. The molecule has 0 bridgehead atoms. The van der Waals surface area contributed by atoms with E-state index in [1.165, 1.54) is 0 Å². The molecular weight excluding hydrogens is 254 g/mol. The van der Waals surface area contributed by atoms with E-state index in [4.69, 9.17) is 16.7 Å². The zero-order valence-electron chi connectivity index (χ0n) is 9.97. The van der Waals surface area contributed by atoms with Crippen molar-refractivity contribution in [3.8, 4) is 5.75 Å². The van der Waals surface area contributed by atoms with Crippen LogP contribution in [0, 0.1) is 5.92 Å². The van der Waals surface area contributed by atoms with Gasteiger partial charge in [-0.15, -0.1) is 0 Å². The number of phenols is 1. The molecule has 98 valence electrons. The number of carbonyl (C=O) groups is 1. The third-order valence-corrected chi connectivity index (χ3v) is 3.58. The number of carboxylic acids is 1. The minimum Gasteiger partial charge on any atom is -0.506 e. The monoisotopic (exact) mass is 269 g/mol. The molecule has 0 amide bonds. The highest BCUT2D eigenvalue weighted by Gasteiger charge is 2.25. The maximum atomic E-state index is 11.0. The minimum atomic E-state index is -0.719. The third kappa shape index (κ3) is 3.15. The fourth-order valence-electron chi connectivity index (χ4n) is 2.31. The molecule has 0 aromatic heterocycles. The van der Waals surface area contributed by atoms with Crippen LogP contribution < -0.4 is 0 Å². The molecule has 4 nitrogen and oxygen atoms in total. The van der Waals surface area contributed by atoms with Gasteiger partial charge in [0.15, 0.2) is 0 Å². The highest BCUT2D eigenvalue weighted by molar-refractivity contribution is 6.32. The van der Waals surface area contributed by atoms with Crippen LogP contribution >= 0.6 is 11.6 Å². The highest BCUT2D eigenvalue weighted by atomic mass is 35.5. The van der Waals surface area contributed by atoms with Gasteiger partial charge in [-0.05, 0) is 37.1 Å². The predicted molar refractivity (Wildman–Crippen MR) is 68.8 cm³/mol. The number of piperidine rings is 1. The van der Waals surface area contributed by atoms with Crippen molar-refractivity contribution in [1.29, 1.82) is 0 Å². The standard InChI is InChI=1S/C13H16ClNO3/c14-11-6-9(3-4-12(11)16)7-15-5-1-2-10(8-15)13(17)18/h3-4,6,10,16H,1-2,5,7-8H2,(H,17,18). The Morgan fingerprint density at radius 2 is 2.28 bits per heavy atom. The maximum Gasteiger partial charge on any atom is 0.307 e. The summed E-state index contributed by atoms with van der Waals surface area (Å²) in [7, 11) is 0. The molecule has 1 aliphatic heterocycles. The van der Waals surface area contributed by atoms with Gasteiger partial charge < -0.3 is 10.2 Å². The lowest BCUT2D eigenvalue weighted by atomic mass is 9.98. The molecule has 0 aliphatic carbocycles. The number of aromatic hydroxyl groups is 1. The summed E-state index contributed by atoms with van der Waals surface area (Å²) in [5, 5.41) is 18.7. The Labute approximate surface area is 111 Å². The molecule has 2 rings (SSSR count). The number of phenolic OH excluding ortho intramolecular Hbond substituents is 1. The first kappa shape index (κ1) is 13.2. The second-order valence-electron chi connectivity index (χ2n) is 4.70. The van der Waals surface area contributed by atoms with Crippen LogP contribution in [-0.2, 0) is 11.3 Å². The van der Waals surface area contributed by atoms with Gasteiger partial charge in [0.05, 0.1) is 10.9 Å². The molecule has 1 saturated heterocycles. The Morgan fingerprint density at radius 1 is 1.50 bits per heavy atom. The Hall–Kier alpha value is -1.26. The van der Waals surface area contributed by atoms with Gasteiger partial charge in [0, 0.05) is 13.1 Å². The Kier molecular flexibility index (Phi) is 4.09. The van der Waals surface area contributed by atoms with Crippen LogP contribution in [-0.4, -0.2) is 34.2 Å². The van der Waals surface area contributed by atoms with Crippen LogP contribution in [0.3, 0.4) is 0 Å². The van der Waals surface area contributed by atoms with Crippen LogP contribution in [0.15, 0.2) is 18.2 Å². The lowest BCUT2D eigenvalue weighted by Gasteiger charge is -2.30. The summed E-state index contributed by atoms with van der Waals surface area (Å²) >= 11 is 5.85. The van der Waals surface area contributed by atoms with E-state index < -0.39 is 5.97 Å². The molecule has 0 spiro atoms. The van der Waals surface area contributed by atoms with Gasteiger partial charge in [0.1, 0.15) is 5.75 Å². The van der Waals surface area contributed by atoms with Crippen LogP contribution in [0.2, 0.25) is 5.02 Å². The fraction of sp³-hybridized carbons (Fsp3) is 0.462. The van der Waals surface area contributed by atoms with Crippen LogP contribution in [0.4, 0.5) is 0 Å². The van der Waals surface area contributed by atoms with Crippen LogP contribution in [0.1, 0.15) is 18.4 Å². The van der Waals surface area contributed by atoms with E-state index in [0.717, 1.165) is 24.9 Å². The normalized spacial score (nSPS) is 20.8. The van der Waals surface area contributed by atoms with Crippen molar-refractivity contribution in [2.45, 2.75) is 19.4 Å². The lowest BCUT2D eigenvalue weighted by molar-refractivity contribution is -0.143. The number of halogens is 1. The Morgan fingerprint density at radius 3 is 2.94 bits per heavy atom. The quantitative estimate of drug-likeness (QED) is 0.884. The summed E-state index contributed by atoms with van der Waals surface area (Å²) in [6, 6.07) is 5.10. The van der Waals surface area contributed by atoms with Crippen molar-refractivity contribution in [2.75, 3.05) is 13.1 Å². The first-order valence-electron chi connectivity index (χ1n) is 5.99. The van der Waals surface area contributed by atoms with Crippen molar-refractivity contribution >= 4 is 17.6 Å². The average Bonchev–Trinajstić information content (AvgIpc) is 2.34. The Balaban J connectivity index is 2.00. The van der Waals surface area contributed by atoms with Crippen LogP contribution in [0.25, 0.3) is 0 Å². The molecule has 18 heavy (non-hydrogen) atoms. The summed E-state index contributed by atoms with van der Waals surface area (Å²) in [6.45, 7) is 2.15. The summed E-state index contributed by atoms with van der Waals surface area (Å²) in [6.07, 6.45) is 1.66. The molecule has 1 aliphatic rings. The van der Waals surface area contributed by atoms with Gasteiger partial charge in [-0.3, -0.25) is 9.69 Å². The van der Waals surface area contributed by atoms with E-state index in [1.54, 1.807) is 12.1 Å².